The molecule has 128 valence electrons. The van der Waals surface area contributed by atoms with Crippen molar-refractivity contribution in [1.29, 1.82) is 0 Å². The standard InChI is InChI=1S/C19H22ClFN2O/c1-12-7-13(2)19(14(3)8-12)22-18(24)11-23(4)10-15-5-6-16(21)9-17(15)20/h5-9H,10-11H2,1-4H3,(H,22,24). The van der Waals surface area contributed by atoms with Gasteiger partial charge in [-0.15, -0.1) is 0 Å². The number of hydrogen-bond acceptors (Lipinski definition) is 2. The summed E-state index contributed by atoms with van der Waals surface area (Å²) in [5, 5.41) is 3.34. The topological polar surface area (TPSA) is 32.3 Å². The number of carbonyl (C=O) groups is 1. The molecule has 0 atom stereocenters. The Morgan fingerprint density at radius 2 is 1.79 bits per heavy atom. The van der Waals surface area contributed by atoms with Crippen molar-refractivity contribution in [1.82, 2.24) is 4.90 Å². The van der Waals surface area contributed by atoms with Gasteiger partial charge in [-0.3, -0.25) is 9.69 Å². The average Bonchev–Trinajstić information content (AvgIpc) is 2.45. The third-order valence-corrected chi connectivity index (χ3v) is 4.16. The van der Waals surface area contributed by atoms with E-state index in [1.54, 1.807) is 6.07 Å². The molecule has 0 bridgehead atoms. The highest BCUT2D eigenvalue weighted by Gasteiger charge is 2.12. The zero-order valence-electron chi connectivity index (χ0n) is 14.4. The smallest absolute Gasteiger partial charge is 0.238 e. The van der Waals surface area contributed by atoms with Gasteiger partial charge in [0.1, 0.15) is 5.82 Å². The second kappa shape index (κ2) is 7.77. The van der Waals surface area contributed by atoms with Gasteiger partial charge in [0.15, 0.2) is 0 Å². The van der Waals surface area contributed by atoms with Crippen molar-refractivity contribution in [2.45, 2.75) is 27.3 Å². The molecule has 2 aromatic rings. The fraction of sp³-hybridized carbons (Fsp3) is 0.316. The van der Waals surface area contributed by atoms with Crippen LogP contribution in [0, 0.1) is 26.6 Å². The van der Waals surface area contributed by atoms with E-state index in [1.807, 2.05) is 44.9 Å². The van der Waals surface area contributed by atoms with Crippen molar-refractivity contribution in [3.05, 3.63) is 63.4 Å². The van der Waals surface area contributed by atoms with Gasteiger partial charge in [-0.05, 0) is 56.6 Å². The summed E-state index contributed by atoms with van der Waals surface area (Å²) < 4.78 is 13.1. The summed E-state index contributed by atoms with van der Waals surface area (Å²) >= 11 is 6.03. The van der Waals surface area contributed by atoms with Gasteiger partial charge in [0.05, 0.1) is 6.54 Å². The second-order valence-corrected chi connectivity index (χ2v) is 6.64. The molecule has 2 aromatic carbocycles. The summed E-state index contributed by atoms with van der Waals surface area (Å²) in [6.07, 6.45) is 0. The zero-order valence-corrected chi connectivity index (χ0v) is 15.2. The quantitative estimate of drug-likeness (QED) is 0.864. The van der Waals surface area contributed by atoms with Crippen molar-refractivity contribution in [2.24, 2.45) is 0 Å². The number of nitrogens with zero attached hydrogens (tertiary/aromatic N) is 1. The first-order valence-corrected chi connectivity index (χ1v) is 8.14. The Morgan fingerprint density at radius 3 is 2.38 bits per heavy atom. The lowest BCUT2D eigenvalue weighted by Gasteiger charge is -2.18. The van der Waals surface area contributed by atoms with E-state index >= 15 is 0 Å². The van der Waals surface area contributed by atoms with Crippen molar-refractivity contribution >= 4 is 23.2 Å². The van der Waals surface area contributed by atoms with E-state index in [0.29, 0.717) is 11.6 Å². The van der Waals surface area contributed by atoms with E-state index < -0.39 is 0 Å². The van der Waals surface area contributed by atoms with Gasteiger partial charge in [-0.2, -0.15) is 0 Å². The Morgan fingerprint density at radius 1 is 1.17 bits per heavy atom. The average molecular weight is 349 g/mol. The van der Waals surface area contributed by atoms with Gasteiger partial charge in [0.25, 0.3) is 0 Å². The summed E-state index contributed by atoms with van der Waals surface area (Å²) in [5.74, 6) is -0.458. The Balaban J connectivity index is 1.99. The molecular formula is C19H22ClFN2O. The first-order chi connectivity index (χ1) is 11.3. The molecular weight excluding hydrogens is 327 g/mol. The van der Waals surface area contributed by atoms with E-state index in [9.17, 15) is 9.18 Å². The molecule has 5 heteroatoms. The van der Waals surface area contributed by atoms with Crippen LogP contribution in [0.1, 0.15) is 22.3 Å². The van der Waals surface area contributed by atoms with E-state index in [-0.39, 0.29) is 18.3 Å². The number of anilines is 1. The Labute approximate surface area is 147 Å². The molecule has 0 saturated carbocycles. The number of halogens is 2. The lowest BCUT2D eigenvalue weighted by Crippen LogP contribution is -2.30. The molecule has 3 nitrogen and oxygen atoms in total. The monoisotopic (exact) mass is 348 g/mol. The minimum Gasteiger partial charge on any atom is -0.324 e. The Kier molecular flexibility index (Phi) is 5.97. The van der Waals surface area contributed by atoms with Crippen LogP contribution in [0.15, 0.2) is 30.3 Å². The summed E-state index contributed by atoms with van der Waals surface area (Å²) in [6.45, 7) is 6.69. The minimum absolute atomic E-state index is 0.0919. The van der Waals surface area contributed by atoms with Crippen molar-refractivity contribution in [3.8, 4) is 0 Å². The van der Waals surface area contributed by atoms with E-state index in [0.717, 1.165) is 22.4 Å². The molecule has 0 radical (unpaired) electrons. The molecule has 0 aliphatic rings. The van der Waals surface area contributed by atoms with Gasteiger partial charge in [-0.25, -0.2) is 4.39 Å². The summed E-state index contributed by atoms with van der Waals surface area (Å²) in [5.41, 5.74) is 4.91. The van der Waals surface area contributed by atoms with Crippen LogP contribution in [0.5, 0.6) is 0 Å². The van der Waals surface area contributed by atoms with Crippen LogP contribution in [0.3, 0.4) is 0 Å². The minimum atomic E-state index is -0.366. The molecule has 2 rings (SSSR count). The summed E-state index contributed by atoms with van der Waals surface area (Å²) in [6, 6.07) is 8.38. The highest BCUT2D eigenvalue weighted by molar-refractivity contribution is 6.31. The van der Waals surface area contributed by atoms with Gasteiger partial charge < -0.3 is 5.32 Å². The van der Waals surface area contributed by atoms with Crippen LogP contribution in [-0.4, -0.2) is 24.4 Å². The number of likely N-dealkylation sites (N-methyl/N-ethyl adjacent to an activating group) is 1. The highest BCUT2D eigenvalue weighted by Crippen LogP contribution is 2.22. The van der Waals surface area contributed by atoms with Gasteiger partial charge >= 0.3 is 0 Å². The van der Waals surface area contributed by atoms with E-state index in [1.165, 1.54) is 17.7 Å². The Hall–Kier alpha value is -1.91. The molecule has 0 aliphatic heterocycles. The predicted molar refractivity (Wildman–Crippen MR) is 97.0 cm³/mol. The second-order valence-electron chi connectivity index (χ2n) is 6.23. The molecule has 0 spiro atoms. The van der Waals surface area contributed by atoms with Gasteiger partial charge in [0.2, 0.25) is 5.91 Å². The van der Waals surface area contributed by atoms with Crippen molar-refractivity contribution in [2.75, 3.05) is 18.9 Å². The molecule has 0 saturated heterocycles. The largest absolute Gasteiger partial charge is 0.324 e. The molecule has 0 aromatic heterocycles. The first-order valence-electron chi connectivity index (χ1n) is 7.76. The van der Waals surface area contributed by atoms with Crippen LogP contribution in [0.4, 0.5) is 10.1 Å². The lowest BCUT2D eigenvalue weighted by molar-refractivity contribution is -0.117. The number of hydrogen-bond donors (Lipinski definition) is 1. The van der Waals surface area contributed by atoms with Gasteiger partial charge in [-0.1, -0.05) is 35.4 Å². The number of benzene rings is 2. The summed E-state index contributed by atoms with van der Waals surface area (Å²) in [7, 11) is 1.83. The first kappa shape index (κ1) is 18.4. The molecule has 0 aliphatic carbocycles. The fourth-order valence-electron chi connectivity index (χ4n) is 2.80. The van der Waals surface area contributed by atoms with Crippen LogP contribution in [-0.2, 0) is 11.3 Å². The van der Waals surface area contributed by atoms with Crippen LogP contribution >= 0.6 is 11.6 Å². The number of aryl methyl sites for hydroxylation is 3. The maximum absolute atomic E-state index is 13.1. The third-order valence-electron chi connectivity index (χ3n) is 3.81. The van der Waals surface area contributed by atoms with Crippen molar-refractivity contribution in [3.63, 3.8) is 0 Å². The van der Waals surface area contributed by atoms with E-state index in [2.05, 4.69) is 5.32 Å². The molecule has 0 heterocycles. The number of nitrogens with one attached hydrogen (secondary N) is 1. The molecule has 0 unspecified atom stereocenters. The third kappa shape index (κ3) is 4.79. The lowest BCUT2D eigenvalue weighted by atomic mass is 10.1. The predicted octanol–water partition coefficient (Wildman–Crippen LogP) is 4.47. The number of amides is 1. The number of carbonyl (C=O) groups excluding carboxylic acids is 1. The zero-order chi connectivity index (χ0) is 17.9. The van der Waals surface area contributed by atoms with Gasteiger partial charge in [0, 0.05) is 17.3 Å². The highest BCUT2D eigenvalue weighted by atomic mass is 35.5. The van der Waals surface area contributed by atoms with E-state index in [4.69, 9.17) is 11.6 Å². The molecule has 1 amide bonds. The van der Waals surface area contributed by atoms with Crippen LogP contribution in [0.25, 0.3) is 0 Å². The molecule has 0 fully saturated rings. The fourth-order valence-corrected chi connectivity index (χ4v) is 3.02. The Bertz CT molecular complexity index is 738. The molecule has 24 heavy (non-hydrogen) atoms. The van der Waals surface area contributed by atoms with Crippen LogP contribution in [0.2, 0.25) is 5.02 Å². The summed E-state index contributed by atoms with van der Waals surface area (Å²) in [4.78, 5) is 14.1. The maximum atomic E-state index is 13.1. The SMILES string of the molecule is Cc1cc(C)c(NC(=O)CN(C)Cc2ccc(F)cc2Cl)c(C)c1. The number of rotatable bonds is 5. The normalized spacial score (nSPS) is 11.0. The molecule has 1 N–H and O–H groups in total. The maximum Gasteiger partial charge on any atom is 0.238 e. The van der Waals surface area contributed by atoms with Crippen LogP contribution < -0.4 is 5.32 Å². The van der Waals surface area contributed by atoms with Crippen molar-refractivity contribution < 1.29 is 9.18 Å².